The number of aromatic nitrogens is 2. The Labute approximate surface area is 82.3 Å². The van der Waals surface area contributed by atoms with E-state index >= 15 is 0 Å². The summed E-state index contributed by atoms with van der Waals surface area (Å²) in [6, 6.07) is 0. The van der Waals surface area contributed by atoms with Gasteiger partial charge in [-0.1, -0.05) is 13.8 Å². The maximum Gasteiger partial charge on any atom is 0.148 e. The van der Waals surface area contributed by atoms with Crippen LogP contribution in [0.1, 0.15) is 42.9 Å². The minimum atomic E-state index is 0.448. The molecule has 2 rings (SSSR count). The average molecular weight is 198 g/mol. The molecule has 13 heavy (non-hydrogen) atoms. The van der Waals surface area contributed by atoms with Crippen LogP contribution in [0.4, 0.5) is 0 Å². The third kappa shape index (κ3) is 1.89. The van der Waals surface area contributed by atoms with Gasteiger partial charge in [-0.15, -0.1) is 0 Å². The lowest BCUT2D eigenvalue weighted by Crippen LogP contribution is -2.00. The Bertz CT molecular complexity index is 279. The number of rotatable bonds is 2. The molecule has 1 atom stereocenters. The summed E-state index contributed by atoms with van der Waals surface area (Å²) in [6.07, 6.45) is 1.08. The summed E-state index contributed by atoms with van der Waals surface area (Å²) in [7, 11) is 0. The smallest absolute Gasteiger partial charge is 0.148 e. The van der Waals surface area contributed by atoms with Crippen molar-refractivity contribution in [3.63, 3.8) is 0 Å². The molecule has 72 valence electrons. The molecular weight excluding hydrogens is 184 g/mol. The molecule has 4 heteroatoms. The van der Waals surface area contributed by atoms with Gasteiger partial charge >= 0.3 is 0 Å². The zero-order valence-electron chi connectivity index (χ0n) is 7.99. The van der Waals surface area contributed by atoms with Crippen molar-refractivity contribution < 1.29 is 4.74 Å². The lowest BCUT2D eigenvalue weighted by molar-refractivity contribution is 0.193. The molecule has 1 fully saturated rings. The van der Waals surface area contributed by atoms with Crippen molar-refractivity contribution >= 4 is 11.5 Å². The molecule has 1 aliphatic rings. The summed E-state index contributed by atoms with van der Waals surface area (Å²) in [5.74, 6) is 1.93. The Hall–Kier alpha value is -0.480. The van der Waals surface area contributed by atoms with Crippen LogP contribution < -0.4 is 0 Å². The molecule has 0 radical (unpaired) electrons. The number of nitrogens with zero attached hydrogens (tertiary/aromatic N) is 2. The molecule has 2 heterocycles. The fraction of sp³-hybridized carbons (Fsp3) is 0.778. The van der Waals surface area contributed by atoms with Crippen LogP contribution in [0.5, 0.6) is 0 Å². The van der Waals surface area contributed by atoms with Crippen LogP contribution in [0.2, 0.25) is 0 Å². The molecule has 0 N–H and O–H groups in total. The second kappa shape index (κ2) is 3.72. The van der Waals surface area contributed by atoms with Gasteiger partial charge in [-0.05, 0) is 18.0 Å². The first-order valence-corrected chi connectivity index (χ1v) is 5.46. The van der Waals surface area contributed by atoms with Gasteiger partial charge in [-0.25, -0.2) is 4.98 Å². The molecule has 0 amide bonds. The van der Waals surface area contributed by atoms with Gasteiger partial charge in [-0.3, -0.25) is 0 Å². The average Bonchev–Trinajstić information content (AvgIpc) is 2.75. The van der Waals surface area contributed by atoms with E-state index in [0.29, 0.717) is 11.8 Å². The summed E-state index contributed by atoms with van der Waals surface area (Å²) in [5.41, 5.74) is 0. The van der Waals surface area contributed by atoms with E-state index in [1.165, 1.54) is 11.5 Å². The molecule has 1 aromatic heterocycles. The summed E-state index contributed by atoms with van der Waals surface area (Å²) < 4.78 is 9.68. The number of hydrogen-bond donors (Lipinski definition) is 0. The van der Waals surface area contributed by atoms with Crippen LogP contribution in [0.15, 0.2) is 0 Å². The van der Waals surface area contributed by atoms with Crippen molar-refractivity contribution in [2.75, 3.05) is 13.2 Å². The van der Waals surface area contributed by atoms with E-state index in [2.05, 4.69) is 23.2 Å². The second-order valence-corrected chi connectivity index (χ2v) is 4.49. The van der Waals surface area contributed by atoms with E-state index < -0.39 is 0 Å². The van der Waals surface area contributed by atoms with Crippen LogP contribution in [-0.4, -0.2) is 22.6 Å². The Morgan fingerprint density at radius 2 is 2.38 bits per heavy atom. The van der Waals surface area contributed by atoms with E-state index in [9.17, 15) is 0 Å². The molecule has 0 aromatic carbocycles. The van der Waals surface area contributed by atoms with Gasteiger partial charge in [0.1, 0.15) is 10.8 Å². The van der Waals surface area contributed by atoms with E-state index in [4.69, 9.17) is 4.74 Å². The fourth-order valence-electron chi connectivity index (χ4n) is 1.39. The molecule has 1 aliphatic heterocycles. The van der Waals surface area contributed by atoms with Gasteiger partial charge in [0.25, 0.3) is 0 Å². The van der Waals surface area contributed by atoms with E-state index in [0.717, 1.165) is 30.5 Å². The predicted octanol–water partition coefficient (Wildman–Crippen LogP) is 2.17. The van der Waals surface area contributed by atoms with E-state index in [1.54, 1.807) is 0 Å². The highest BCUT2D eigenvalue weighted by atomic mass is 32.1. The molecule has 3 nitrogen and oxygen atoms in total. The monoisotopic (exact) mass is 198 g/mol. The normalized spacial score (nSPS) is 22.8. The first-order valence-electron chi connectivity index (χ1n) is 4.68. The summed E-state index contributed by atoms with van der Waals surface area (Å²) >= 11 is 1.53. The second-order valence-electron chi connectivity index (χ2n) is 3.71. The zero-order chi connectivity index (χ0) is 9.26. The summed E-state index contributed by atoms with van der Waals surface area (Å²) in [6.45, 7) is 5.96. The highest BCUT2D eigenvalue weighted by Crippen LogP contribution is 2.26. The van der Waals surface area contributed by atoms with Crippen LogP contribution >= 0.6 is 11.5 Å². The van der Waals surface area contributed by atoms with Crippen molar-refractivity contribution in [3.8, 4) is 0 Å². The maximum absolute atomic E-state index is 5.31. The molecule has 0 spiro atoms. The van der Waals surface area contributed by atoms with Gasteiger partial charge in [0.2, 0.25) is 0 Å². The highest BCUT2D eigenvalue weighted by Gasteiger charge is 2.22. The van der Waals surface area contributed by atoms with Crippen LogP contribution in [-0.2, 0) is 4.74 Å². The van der Waals surface area contributed by atoms with Gasteiger partial charge in [0.15, 0.2) is 0 Å². The highest BCUT2D eigenvalue weighted by molar-refractivity contribution is 7.05. The molecule has 1 saturated heterocycles. The van der Waals surface area contributed by atoms with Crippen molar-refractivity contribution in [3.05, 3.63) is 10.8 Å². The number of hydrogen-bond acceptors (Lipinski definition) is 4. The first-order chi connectivity index (χ1) is 6.27. The van der Waals surface area contributed by atoms with Crippen LogP contribution in [0.25, 0.3) is 0 Å². The van der Waals surface area contributed by atoms with Crippen LogP contribution in [0, 0.1) is 0 Å². The predicted molar refractivity (Wildman–Crippen MR) is 52.2 cm³/mol. The van der Waals surface area contributed by atoms with E-state index in [1.807, 2.05) is 0 Å². The molecule has 0 aliphatic carbocycles. The third-order valence-electron chi connectivity index (χ3n) is 2.25. The lowest BCUT2D eigenvalue weighted by Gasteiger charge is -2.00. The van der Waals surface area contributed by atoms with Gasteiger partial charge in [0, 0.05) is 18.4 Å². The molecule has 0 saturated carbocycles. The van der Waals surface area contributed by atoms with Gasteiger partial charge < -0.3 is 4.74 Å². The summed E-state index contributed by atoms with van der Waals surface area (Å²) in [4.78, 5) is 4.52. The Balaban J connectivity index is 2.12. The third-order valence-corrected chi connectivity index (χ3v) is 3.27. The van der Waals surface area contributed by atoms with Gasteiger partial charge in [-0.2, -0.15) is 4.37 Å². The minimum Gasteiger partial charge on any atom is -0.381 e. The van der Waals surface area contributed by atoms with Crippen molar-refractivity contribution in [2.24, 2.45) is 0 Å². The molecule has 1 aromatic rings. The molecule has 1 unspecified atom stereocenters. The maximum atomic E-state index is 5.31. The lowest BCUT2D eigenvalue weighted by atomic mass is 10.1. The SMILES string of the molecule is CC(C)c1nc(C2CCOC2)ns1. The fourth-order valence-corrected chi connectivity index (χ4v) is 2.11. The largest absolute Gasteiger partial charge is 0.381 e. The number of ether oxygens (including phenoxy) is 1. The molecular formula is C9H14N2OS. The Morgan fingerprint density at radius 3 is 2.92 bits per heavy atom. The zero-order valence-corrected chi connectivity index (χ0v) is 8.80. The van der Waals surface area contributed by atoms with Gasteiger partial charge in [0.05, 0.1) is 6.61 Å². The van der Waals surface area contributed by atoms with Crippen molar-refractivity contribution in [1.29, 1.82) is 0 Å². The Kier molecular flexibility index (Phi) is 2.60. The standard InChI is InChI=1S/C9H14N2OS/c1-6(2)9-10-8(11-13-9)7-3-4-12-5-7/h6-7H,3-5H2,1-2H3. The topological polar surface area (TPSA) is 35.0 Å². The van der Waals surface area contributed by atoms with Crippen molar-refractivity contribution in [2.45, 2.75) is 32.1 Å². The van der Waals surface area contributed by atoms with E-state index in [-0.39, 0.29) is 0 Å². The van der Waals surface area contributed by atoms with Crippen molar-refractivity contribution in [1.82, 2.24) is 9.36 Å². The first kappa shape index (κ1) is 9.09. The minimum absolute atomic E-state index is 0.448. The molecule has 0 bridgehead atoms. The van der Waals surface area contributed by atoms with Crippen LogP contribution in [0.3, 0.4) is 0 Å². The summed E-state index contributed by atoms with van der Waals surface area (Å²) in [5, 5.41) is 1.14. The Morgan fingerprint density at radius 1 is 1.54 bits per heavy atom. The quantitative estimate of drug-likeness (QED) is 0.730.